The lowest BCUT2D eigenvalue weighted by Crippen LogP contribution is -2.48. The summed E-state index contributed by atoms with van der Waals surface area (Å²) < 4.78 is 0. The van der Waals surface area contributed by atoms with Gasteiger partial charge in [0.25, 0.3) is 11.6 Å². The number of nitro benzene ring substituents is 1. The lowest BCUT2D eigenvalue weighted by atomic mass is 10.1. The summed E-state index contributed by atoms with van der Waals surface area (Å²) in [6.45, 7) is 2.76. The van der Waals surface area contributed by atoms with E-state index in [0.717, 1.165) is 5.56 Å². The van der Waals surface area contributed by atoms with Crippen molar-refractivity contribution in [2.75, 3.05) is 19.6 Å². The van der Waals surface area contributed by atoms with Gasteiger partial charge in [-0.1, -0.05) is 36.4 Å². The minimum Gasteiger partial charge on any atom is -0.341 e. The molecule has 29 heavy (non-hydrogen) atoms. The molecular formula is C20H25ClN4O4. The molecule has 1 atom stereocenters. The highest BCUT2D eigenvalue weighted by molar-refractivity contribution is 5.97. The number of non-ortho nitro benzene ring substituents is 1. The van der Waals surface area contributed by atoms with Gasteiger partial charge >= 0.3 is 0 Å². The van der Waals surface area contributed by atoms with E-state index in [1.807, 2.05) is 30.3 Å². The number of nitro groups is 1. The predicted molar refractivity (Wildman–Crippen MR) is 113 cm³/mol. The van der Waals surface area contributed by atoms with Gasteiger partial charge in [0.15, 0.2) is 0 Å². The smallest absolute Gasteiger partial charge is 0.270 e. The first-order valence-electron chi connectivity index (χ1n) is 9.00. The first kappa shape index (κ1) is 24.1. The first-order valence-corrected chi connectivity index (χ1v) is 9.00. The van der Waals surface area contributed by atoms with Crippen molar-refractivity contribution in [1.82, 2.24) is 10.2 Å². The second kappa shape index (κ2) is 11.8. The number of benzene rings is 2. The van der Waals surface area contributed by atoms with Gasteiger partial charge in [0.1, 0.15) is 6.04 Å². The van der Waals surface area contributed by atoms with Crippen molar-refractivity contribution in [2.24, 2.45) is 5.73 Å². The molecule has 0 fully saturated rings. The number of carbonyl (C=O) groups is 2. The summed E-state index contributed by atoms with van der Waals surface area (Å²) >= 11 is 0. The van der Waals surface area contributed by atoms with Crippen molar-refractivity contribution in [3.8, 4) is 0 Å². The Hall–Kier alpha value is -2.97. The van der Waals surface area contributed by atoms with E-state index in [9.17, 15) is 19.7 Å². The second-order valence-corrected chi connectivity index (χ2v) is 6.35. The van der Waals surface area contributed by atoms with E-state index in [4.69, 9.17) is 5.73 Å². The summed E-state index contributed by atoms with van der Waals surface area (Å²) in [5.41, 5.74) is 6.68. The van der Waals surface area contributed by atoms with Crippen LogP contribution in [0.4, 0.5) is 5.69 Å². The third kappa shape index (κ3) is 7.17. The summed E-state index contributed by atoms with van der Waals surface area (Å²) in [6.07, 6.45) is 0.679. The van der Waals surface area contributed by atoms with Crippen molar-refractivity contribution in [2.45, 2.75) is 19.4 Å². The molecule has 0 aromatic heterocycles. The Kier molecular flexibility index (Phi) is 9.78. The van der Waals surface area contributed by atoms with Crippen LogP contribution >= 0.6 is 12.4 Å². The number of nitrogens with two attached hydrogens (primary N) is 1. The van der Waals surface area contributed by atoms with Gasteiger partial charge in [0, 0.05) is 37.3 Å². The fourth-order valence-electron chi connectivity index (χ4n) is 2.77. The van der Waals surface area contributed by atoms with Gasteiger partial charge in [-0.15, -0.1) is 12.4 Å². The molecule has 8 nitrogen and oxygen atoms in total. The maximum Gasteiger partial charge on any atom is 0.270 e. The number of halogens is 1. The number of carbonyl (C=O) groups excluding carboxylic acids is 2. The number of nitrogens with one attached hydrogen (secondary N) is 1. The van der Waals surface area contributed by atoms with Crippen LogP contribution in [-0.4, -0.2) is 47.3 Å². The number of hydrogen-bond acceptors (Lipinski definition) is 5. The predicted octanol–water partition coefficient (Wildman–Crippen LogP) is 2.16. The third-order valence-electron chi connectivity index (χ3n) is 4.26. The quantitative estimate of drug-likeness (QED) is 0.476. The molecule has 0 aliphatic carbocycles. The Morgan fingerprint density at radius 3 is 2.45 bits per heavy atom. The zero-order valence-corrected chi connectivity index (χ0v) is 16.9. The van der Waals surface area contributed by atoms with Gasteiger partial charge in [-0.2, -0.15) is 0 Å². The van der Waals surface area contributed by atoms with Crippen LogP contribution in [0.25, 0.3) is 0 Å². The van der Waals surface area contributed by atoms with Gasteiger partial charge in [-0.3, -0.25) is 19.7 Å². The molecule has 0 radical (unpaired) electrons. The molecule has 0 heterocycles. The van der Waals surface area contributed by atoms with Crippen molar-refractivity contribution in [3.05, 3.63) is 75.8 Å². The molecule has 3 N–H and O–H groups in total. The molecule has 0 spiro atoms. The van der Waals surface area contributed by atoms with E-state index >= 15 is 0 Å². The summed E-state index contributed by atoms with van der Waals surface area (Å²) in [6, 6.07) is 14.4. The van der Waals surface area contributed by atoms with Crippen molar-refractivity contribution < 1.29 is 14.5 Å². The average Bonchev–Trinajstić information content (AvgIpc) is 2.71. The van der Waals surface area contributed by atoms with Crippen molar-refractivity contribution in [1.29, 1.82) is 0 Å². The highest BCUT2D eigenvalue weighted by atomic mass is 35.5. The van der Waals surface area contributed by atoms with Gasteiger partial charge in [-0.25, -0.2) is 0 Å². The monoisotopic (exact) mass is 420 g/mol. The highest BCUT2D eigenvalue weighted by Crippen LogP contribution is 2.13. The lowest BCUT2D eigenvalue weighted by molar-refractivity contribution is -0.384. The van der Waals surface area contributed by atoms with Gasteiger partial charge in [-0.05, 0) is 25.0 Å². The molecule has 156 valence electrons. The number of nitrogens with zero attached hydrogens (tertiary/aromatic N) is 2. The normalized spacial score (nSPS) is 11.1. The molecule has 1 unspecified atom stereocenters. The largest absolute Gasteiger partial charge is 0.341 e. The number of rotatable bonds is 9. The number of hydrogen-bond donors (Lipinski definition) is 2. The first-order chi connectivity index (χ1) is 13.4. The second-order valence-electron chi connectivity index (χ2n) is 6.35. The summed E-state index contributed by atoms with van der Waals surface area (Å²) in [7, 11) is 0. The van der Waals surface area contributed by atoms with E-state index in [0.29, 0.717) is 26.1 Å². The third-order valence-corrected chi connectivity index (χ3v) is 4.26. The SMILES string of the molecule is CC(NC(=O)c1cccc([N+](=O)[O-])c1)C(=O)N(CCN)CCc1ccccc1.Cl. The molecule has 2 rings (SSSR count). The van der Waals surface area contributed by atoms with E-state index in [2.05, 4.69) is 5.32 Å². The van der Waals surface area contributed by atoms with Crippen LogP contribution in [0.5, 0.6) is 0 Å². The molecule has 0 saturated heterocycles. The van der Waals surface area contributed by atoms with Crippen LogP contribution in [0.15, 0.2) is 54.6 Å². The van der Waals surface area contributed by atoms with E-state index < -0.39 is 16.9 Å². The van der Waals surface area contributed by atoms with E-state index in [1.54, 1.807) is 11.8 Å². The van der Waals surface area contributed by atoms with Crippen molar-refractivity contribution in [3.63, 3.8) is 0 Å². The molecule has 2 aromatic carbocycles. The maximum atomic E-state index is 12.7. The maximum absolute atomic E-state index is 12.7. The Bertz CT molecular complexity index is 832. The van der Waals surface area contributed by atoms with Crippen LogP contribution in [0, 0.1) is 10.1 Å². The van der Waals surface area contributed by atoms with Crippen LogP contribution < -0.4 is 11.1 Å². The van der Waals surface area contributed by atoms with Crippen LogP contribution in [0.2, 0.25) is 0 Å². The standard InChI is InChI=1S/C20H24N4O4.ClH/c1-15(22-19(25)17-8-5-9-18(14-17)24(27)28)20(26)23(13-11-21)12-10-16-6-3-2-4-7-16;/h2-9,14-15H,10-13,21H2,1H3,(H,22,25);1H. The molecule has 0 aliphatic heterocycles. The zero-order chi connectivity index (χ0) is 20.5. The minimum absolute atomic E-state index is 0. The molecule has 2 aromatic rings. The zero-order valence-electron chi connectivity index (χ0n) is 16.1. The fraction of sp³-hybridized carbons (Fsp3) is 0.300. The summed E-state index contributed by atoms with van der Waals surface area (Å²) in [5.74, 6) is -0.791. The van der Waals surface area contributed by atoms with E-state index in [1.165, 1.54) is 24.3 Å². The van der Waals surface area contributed by atoms with Crippen molar-refractivity contribution >= 4 is 29.9 Å². The Labute approximate surface area is 175 Å². The van der Waals surface area contributed by atoms with Crippen LogP contribution in [0.1, 0.15) is 22.8 Å². The van der Waals surface area contributed by atoms with E-state index in [-0.39, 0.29) is 29.6 Å². The Morgan fingerprint density at radius 2 is 1.83 bits per heavy atom. The molecule has 9 heteroatoms. The molecule has 0 saturated carbocycles. The molecular weight excluding hydrogens is 396 g/mol. The lowest BCUT2D eigenvalue weighted by Gasteiger charge is -2.26. The average molecular weight is 421 g/mol. The fourth-order valence-corrected chi connectivity index (χ4v) is 2.77. The van der Waals surface area contributed by atoms with Gasteiger partial charge in [0.05, 0.1) is 4.92 Å². The van der Waals surface area contributed by atoms with Gasteiger partial charge in [0.2, 0.25) is 5.91 Å². The minimum atomic E-state index is -0.783. The Balaban J connectivity index is 0.00000420. The highest BCUT2D eigenvalue weighted by Gasteiger charge is 2.22. The molecule has 2 amide bonds. The molecule has 0 bridgehead atoms. The topological polar surface area (TPSA) is 119 Å². The van der Waals surface area contributed by atoms with Gasteiger partial charge < -0.3 is 16.0 Å². The number of amides is 2. The Morgan fingerprint density at radius 1 is 1.14 bits per heavy atom. The summed E-state index contributed by atoms with van der Waals surface area (Å²) in [4.78, 5) is 37.0. The van der Waals surface area contributed by atoms with Crippen LogP contribution in [-0.2, 0) is 11.2 Å². The summed E-state index contributed by atoms with van der Waals surface area (Å²) in [5, 5.41) is 13.5. The molecule has 0 aliphatic rings. The van der Waals surface area contributed by atoms with Crippen LogP contribution in [0.3, 0.4) is 0 Å².